The Morgan fingerprint density at radius 3 is 2.95 bits per heavy atom. The van der Waals surface area contributed by atoms with Crippen LogP contribution in [0.1, 0.15) is 5.56 Å². The predicted octanol–water partition coefficient (Wildman–Crippen LogP) is 2.24. The van der Waals surface area contributed by atoms with Gasteiger partial charge in [0.15, 0.2) is 5.82 Å². The molecule has 0 bridgehead atoms. The molecule has 106 valence electrons. The number of anilines is 1. The van der Waals surface area contributed by atoms with E-state index in [2.05, 4.69) is 20.4 Å². The van der Waals surface area contributed by atoms with E-state index in [1.54, 1.807) is 28.7 Å². The molecule has 0 amide bonds. The molecule has 8 nitrogen and oxygen atoms in total. The summed E-state index contributed by atoms with van der Waals surface area (Å²) in [5.41, 5.74) is 1.69. The molecule has 9 heteroatoms. The van der Waals surface area contributed by atoms with Gasteiger partial charge in [0.1, 0.15) is 12.7 Å². The van der Waals surface area contributed by atoms with Crippen molar-refractivity contribution in [1.29, 1.82) is 0 Å². The summed E-state index contributed by atoms with van der Waals surface area (Å²) in [6, 6.07) is 5.24. The number of nitro groups is 1. The Morgan fingerprint density at radius 1 is 1.43 bits per heavy atom. The summed E-state index contributed by atoms with van der Waals surface area (Å²) >= 11 is 1.12. The normalized spacial score (nSPS) is 10.5. The average Bonchev–Trinajstić information content (AvgIpc) is 3.17. The van der Waals surface area contributed by atoms with Gasteiger partial charge in [-0.25, -0.2) is 14.6 Å². The number of aromatic nitrogens is 4. The number of nitrogens with zero attached hydrogens (tertiary/aromatic N) is 5. The zero-order valence-corrected chi connectivity index (χ0v) is 11.5. The van der Waals surface area contributed by atoms with Crippen molar-refractivity contribution in [2.24, 2.45) is 0 Å². The maximum absolute atomic E-state index is 10.6. The largest absolute Gasteiger partial charge is 0.380 e. The Morgan fingerprint density at radius 2 is 2.33 bits per heavy atom. The van der Waals surface area contributed by atoms with Gasteiger partial charge in [0.05, 0.1) is 16.8 Å². The van der Waals surface area contributed by atoms with Crippen LogP contribution in [-0.2, 0) is 6.54 Å². The van der Waals surface area contributed by atoms with E-state index < -0.39 is 0 Å². The van der Waals surface area contributed by atoms with Gasteiger partial charge >= 0.3 is 5.00 Å². The molecule has 0 aliphatic carbocycles. The third-order valence-electron chi connectivity index (χ3n) is 2.72. The summed E-state index contributed by atoms with van der Waals surface area (Å²) in [5, 5.41) is 19.7. The number of hydrogen-bond donors (Lipinski definition) is 1. The zero-order valence-electron chi connectivity index (χ0n) is 10.7. The smallest absolute Gasteiger partial charge is 0.324 e. The van der Waals surface area contributed by atoms with Gasteiger partial charge in [0.25, 0.3) is 0 Å². The second-order valence-corrected chi connectivity index (χ2v) is 5.04. The first kappa shape index (κ1) is 13.2. The van der Waals surface area contributed by atoms with Gasteiger partial charge in [0, 0.05) is 18.0 Å². The van der Waals surface area contributed by atoms with Crippen LogP contribution in [0.5, 0.6) is 0 Å². The first-order valence-electron chi connectivity index (χ1n) is 5.99. The molecule has 0 aromatic carbocycles. The van der Waals surface area contributed by atoms with Crippen LogP contribution in [0.15, 0.2) is 42.4 Å². The van der Waals surface area contributed by atoms with Crippen LogP contribution in [0, 0.1) is 10.1 Å². The van der Waals surface area contributed by atoms with Crippen LogP contribution in [0.25, 0.3) is 5.82 Å². The minimum absolute atomic E-state index is 0.145. The standard InChI is InChI=1S/C12H10N6O2S/c19-18(20)12-3-9(6-21-12)4-14-10-1-2-11(15-5-10)17-8-13-7-16-17/h1-3,5-8,14H,4H2. The lowest BCUT2D eigenvalue weighted by Gasteiger charge is -2.05. The molecule has 3 heterocycles. The Bertz CT molecular complexity index is 737. The Balaban J connectivity index is 1.64. The maximum atomic E-state index is 10.6. The Hall–Kier alpha value is -2.81. The van der Waals surface area contributed by atoms with Gasteiger partial charge in [-0.1, -0.05) is 11.3 Å². The molecule has 3 aromatic rings. The number of pyridine rings is 1. The summed E-state index contributed by atoms with van der Waals surface area (Å²) in [4.78, 5) is 18.3. The molecular formula is C12H10N6O2S. The van der Waals surface area contributed by atoms with Gasteiger partial charge in [-0.3, -0.25) is 10.1 Å². The number of hydrogen-bond acceptors (Lipinski definition) is 7. The van der Waals surface area contributed by atoms with Gasteiger partial charge in [-0.2, -0.15) is 5.10 Å². The molecule has 3 rings (SSSR count). The third-order valence-corrected chi connectivity index (χ3v) is 3.65. The Kier molecular flexibility index (Phi) is 3.56. The molecule has 0 atom stereocenters. The summed E-state index contributed by atoms with van der Waals surface area (Å²) in [5.74, 6) is 0.671. The van der Waals surface area contributed by atoms with Crippen molar-refractivity contribution in [3.63, 3.8) is 0 Å². The highest BCUT2D eigenvalue weighted by atomic mass is 32.1. The third kappa shape index (κ3) is 3.03. The molecule has 0 spiro atoms. The minimum Gasteiger partial charge on any atom is -0.380 e. The van der Waals surface area contributed by atoms with E-state index in [9.17, 15) is 10.1 Å². The fourth-order valence-corrected chi connectivity index (χ4v) is 2.44. The fourth-order valence-electron chi connectivity index (χ4n) is 1.71. The maximum Gasteiger partial charge on any atom is 0.324 e. The monoisotopic (exact) mass is 302 g/mol. The molecule has 0 fully saturated rings. The lowest BCUT2D eigenvalue weighted by atomic mass is 10.3. The second kappa shape index (κ2) is 5.67. The lowest BCUT2D eigenvalue weighted by Crippen LogP contribution is -2.01. The van der Waals surface area contributed by atoms with Crippen LogP contribution in [0.2, 0.25) is 0 Å². The van der Waals surface area contributed by atoms with Crippen molar-refractivity contribution in [2.45, 2.75) is 6.54 Å². The van der Waals surface area contributed by atoms with Gasteiger partial charge in [0.2, 0.25) is 0 Å². The quantitative estimate of drug-likeness (QED) is 0.573. The second-order valence-electron chi connectivity index (χ2n) is 4.15. The van der Waals surface area contributed by atoms with Crippen molar-refractivity contribution in [1.82, 2.24) is 19.7 Å². The van der Waals surface area contributed by atoms with Crippen molar-refractivity contribution in [2.75, 3.05) is 5.32 Å². The molecule has 1 N–H and O–H groups in total. The summed E-state index contributed by atoms with van der Waals surface area (Å²) in [7, 11) is 0. The summed E-state index contributed by atoms with van der Waals surface area (Å²) < 4.78 is 1.56. The van der Waals surface area contributed by atoms with E-state index in [4.69, 9.17) is 0 Å². The number of nitrogens with one attached hydrogen (secondary N) is 1. The first-order chi connectivity index (χ1) is 10.2. The molecule has 0 aliphatic heterocycles. The van der Waals surface area contributed by atoms with E-state index in [0.717, 1.165) is 22.6 Å². The van der Waals surface area contributed by atoms with Crippen molar-refractivity contribution in [3.05, 3.63) is 58.1 Å². The van der Waals surface area contributed by atoms with Crippen LogP contribution in [0.4, 0.5) is 10.7 Å². The lowest BCUT2D eigenvalue weighted by molar-refractivity contribution is -0.380. The number of thiophene rings is 1. The molecule has 21 heavy (non-hydrogen) atoms. The van der Waals surface area contributed by atoms with Crippen molar-refractivity contribution in [3.8, 4) is 5.82 Å². The van der Waals surface area contributed by atoms with Gasteiger partial charge in [-0.05, 0) is 17.7 Å². The zero-order chi connectivity index (χ0) is 14.7. The highest BCUT2D eigenvalue weighted by molar-refractivity contribution is 7.13. The molecule has 0 aliphatic rings. The van der Waals surface area contributed by atoms with E-state index >= 15 is 0 Å². The summed E-state index contributed by atoms with van der Waals surface area (Å²) in [6.45, 7) is 0.509. The summed E-state index contributed by atoms with van der Waals surface area (Å²) in [6.07, 6.45) is 4.69. The van der Waals surface area contributed by atoms with E-state index in [1.807, 2.05) is 12.1 Å². The molecule has 0 saturated carbocycles. The molecular weight excluding hydrogens is 292 g/mol. The van der Waals surface area contributed by atoms with Crippen LogP contribution in [0.3, 0.4) is 0 Å². The molecule has 0 saturated heterocycles. The highest BCUT2D eigenvalue weighted by Crippen LogP contribution is 2.23. The van der Waals surface area contributed by atoms with Gasteiger partial charge < -0.3 is 5.32 Å². The van der Waals surface area contributed by atoms with Crippen molar-refractivity contribution < 1.29 is 4.92 Å². The topological polar surface area (TPSA) is 98.8 Å². The predicted molar refractivity (Wildman–Crippen MR) is 77.5 cm³/mol. The van der Waals surface area contributed by atoms with Crippen LogP contribution >= 0.6 is 11.3 Å². The van der Waals surface area contributed by atoms with E-state index in [-0.39, 0.29) is 9.92 Å². The first-order valence-corrected chi connectivity index (χ1v) is 6.87. The minimum atomic E-state index is -0.386. The molecule has 3 aromatic heterocycles. The van der Waals surface area contributed by atoms with Crippen LogP contribution < -0.4 is 5.32 Å². The molecule has 0 radical (unpaired) electrons. The average molecular weight is 302 g/mol. The highest BCUT2D eigenvalue weighted by Gasteiger charge is 2.09. The number of rotatable bonds is 5. The van der Waals surface area contributed by atoms with Gasteiger partial charge in [-0.15, -0.1) is 0 Å². The fraction of sp³-hybridized carbons (Fsp3) is 0.0833. The Labute approximate surface area is 123 Å². The van der Waals surface area contributed by atoms with E-state index in [1.165, 1.54) is 6.33 Å². The molecule has 0 unspecified atom stereocenters. The SMILES string of the molecule is O=[N+]([O-])c1cc(CNc2ccc(-n3cncn3)nc2)cs1. The van der Waals surface area contributed by atoms with E-state index in [0.29, 0.717) is 12.4 Å². The van der Waals surface area contributed by atoms with Crippen molar-refractivity contribution >= 4 is 22.0 Å². The van der Waals surface area contributed by atoms with Crippen LogP contribution in [-0.4, -0.2) is 24.7 Å².